The van der Waals surface area contributed by atoms with E-state index in [0.717, 1.165) is 46.5 Å². The number of imidazole rings is 1. The van der Waals surface area contributed by atoms with Crippen LogP contribution in [0.5, 0.6) is 0 Å². The number of anilines is 1. The lowest BCUT2D eigenvalue weighted by Crippen LogP contribution is -2.28. The third-order valence-corrected chi connectivity index (χ3v) is 5.30. The van der Waals surface area contributed by atoms with Gasteiger partial charge in [-0.2, -0.15) is 5.10 Å². The molecule has 0 saturated heterocycles. The van der Waals surface area contributed by atoms with Crippen molar-refractivity contribution in [2.45, 2.75) is 19.3 Å². The Hall–Kier alpha value is -3.08. The van der Waals surface area contributed by atoms with Crippen molar-refractivity contribution < 1.29 is 0 Å². The molecule has 0 fully saturated rings. The van der Waals surface area contributed by atoms with Crippen LogP contribution in [0.1, 0.15) is 19.4 Å². The van der Waals surface area contributed by atoms with Crippen molar-refractivity contribution in [2.75, 3.05) is 18.0 Å². The van der Waals surface area contributed by atoms with Crippen LogP contribution in [0.4, 0.5) is 5.69 Å². The largest absolute Gasteiger partial charge is 0.367 e. The Bertz CT molecular complexity index is 1150. The lowest BCUT2D eigenvalue weighted by atomic mass is 9.87. The predicted molar refractivity (Wildman–Crippen MR) is 107 cm³/mol. The molecular weight excluding hydrogens is 322 g/mol. The molecule has 0 bridgehead atoms. The number of hydrogen-bond acceptors (Lipinski definition) is 3. The molecule has 5 nitrogen and oxygen atoms in total. The van der Waals surface area contributed by atoms with Gasteiger partial charge in [0.2, 0.25) is 0 Å². The summed E-state index contributed by atoms with van der Waals surface area (Å²) >= 11 is 0. The fourth-order valence-electron chi connectivity index (χ4n) is 4.07. The number of nitrogens with one attached hydrogen (secondary N) is 2. The molecule has 2 aromatic carbocycles. The van der Waals surface area contributed by atoms with E-state index in [1.807, 2.05) is 24.3 Å². The summed E-state index contributed by atoms with van der Waals surface area (Å²) in [6.45, 7) is 10.3. The Morgan fingerprint density at radius 3 is 2.92 bits per heavy atom. The number of benzene rings is 2. The number of fused-ring (bicyclic) bond motifs is 3. The highest BCUT2D eigenvalue weighted by Gasteiger charge is 2.35. The van der Waals surface area contributed by atoms with Gasteiger partial charge in [-0.25, -0.2) is 4.98 Å². The van der Waals surface area contributed by atoms with E-state index in [-0.39, 0.29) is 5.41 Å². The fraction of sp³-hybridized carbons (Fsp3) is 0.238. The first kappa shape index (κ1) is 15.2. The van der Waals surface area contributed by atoms with Crippen molar-refractivity contribution in [2.24, 2.45) is 0 Å². The molecule has 0 atom stereocenters. The minimum absolute atomic E-state index is 0.108. The summed E-state index contributed by atoms with van der Waals surface area (Å²) in [5.41, 5.74) is 6.62. The van der Waals surface area contributed by atoms with Crippen molar-refractivity contribution in [1.82, 2.24) is 20.2 Å². The maximum Gasteiger partial charge on any atom is 0.159 e. The summed E-state index contributed by atoms with van der Waals surface area (Å²) in [7, 11) is 0. The number of H-pyrrole nitrogens is 2. The van der Waals surface area contributed by atoms with E-state index in [2.05, 4.69) is 58.7 Å². The van der Waals surface area contributed by atoms with Gasteiger partial charge in [0.15, 0.2) is 5.82 Å². The monoisotopic (exact) mass is 343 g/mol. The quantitative estimate of drug-likeness (QED) is 0.542. The predicted octanol–water partition coefficient (Wildman–Crippen LogP) is 4.39. The minimum Gasteiger partial charge on any atom is -0.367 e. The molecule has 5 heteroatoms. The van der Waals surface area contributed by atoms with Gasteiger partial charge in [-0.1, -0.05) is 38.1 Å². The van der Waals surface area contributed by atoms with E-state index >= 15 is 0 Å². The molecule has 5 rings (SSSR count). The number of para-hydroxylation sites is 1. The number of aromatic nitrogens is 4. The lowest BCUT2D eigenvalue weighted by Gasteiger charge is -2.20. The number of hydrogen-bond donors (Lipinski definition) is 2. The van der Waals surface area contributed by atoms with Crippen LogP contribution in [0.2, 0.25) is 0 Å². The number of nitrogens with zero attached hydrogens (tertiary/aromatic N) is 3. The highest BCUT2D eigenvalue weighted by molar-refractivity contribution is 5.94. The van der Waals surface area contributed by atoms with Gasteiger partial charge in [0.1, 0.15) is 5.69 Å². The first-order valence-electron chi connectivity index (χ1n) is 8.90. The van der Waals surface area contributed by atoms with Gasteiger partial charge in [0.25, 0.3) is 0 Å². The third kappa shape index (κ3) is 2.10. The van der Waals surface area contributed by atoms with Gasteiger partial charge < -0.3 is 9.88 Å². The Morgan fingerprint density at radius 2 is 2.08 bits per heavy atom. The van der Waals surface area contributed by atoms with Gasteiger partial charge in [-0.05, 0) is 23.8 Å². The Morgan fingerprint density at radius 1 is 1.23 bits per heavy atom. The summed E-state index contributed by atoms with van der Waals surface area (Å²) in [4.78, 5) is 10.7. The second kappa shape index (κ2) is 5.21. The van der Waals surface area contributed by atoms with E-state index in [0.29, 0.717) is 0 Å². The molecule has 0 spiro atoms. The summed E-state index contributed by atoms with van der Waals surface area (Å²) in [5.74, 6) is 0.800. The van der Waals surface area contributed by atoms with Crippen LogP contribution >= 0.6 is 0 Å². The van der Waals surface area contributed by atoms with Crippen molar-refractivity contribution >= 4 is 27.6 Å². The van der Waals surface area contributed by atoms with Crippen LogP contribution in [0.25, 0.3) is 33.5 Å². The molecule has 0 amide bonds. The molecular formula is C21H21N5. The standard InChI is InChI=1S/C21H21N5/c1-4-9-26-12-21(2,3)14-10-16-17(11-18(14)26)23-20(22-16)19-13-7-5-6-8-15(13)24-25-19/h4-8,10-11H,1,9,12H2,2-3H3,(H,22,23)(H,24,25). The van der Waals surface area contributed by atoms with Gasteiger partial charge in [-0.15, -0.1) is 6.58 Å². The van der Waals surface area contributed by atoms with Crippen molar-refractivity contribution in [3.63, 3.8) is 0 Å². The van der Waals surface area contributed by atoms with Gasteiger partial charge in [0, 0.05) is 29.6 Å². The maximum atomic E-state index is 4.83. The van der Waals surface area contributed by atoms with Crippen LogP contribution < -0.4 is 4.90 Å². The topological polar surface area (TPSA) is 60.6 Å². The normalized spacial score (nSPS) is 15.7. The van der Waals surface area contributed by atoms with E-state index in [1.54, 1.807) is 0 Å². The van der Waals surface area contributed by atoms with Crippen LogP contribution in [0.3, 0.4) is 0 Å². The minimum atomic E-state index is 0.108. The summed E-state index contributed by atoms with van der Waals surface area (Å²) < 4.78 is 0. The summed E-state index contributed by atoms with van der Waals surface area (Å²) in [6.07, 6.45) is 1.96. The molecule has 1 aliphatic rings. The van der Waals surface area contributed by atoms with Crippen LogP contribution in [0.15, 0.2) is 49.1 Å². The second-order valence-electron chi connectivity index (χ2n) is 7.64. The lowest BCUT2D eigenvalue weighted by molar-refractivity contribution is 0.558. The molecule has 1 aliphatic heterocycles. The molecule has 26 heavy (non-hydrogen) atoms. The zero-order valence-electron chi connectivity index (χ0n) is 15.0. The Kier molecular flexibility index (Phi) is 3.04. The van der Waals surface area contributed by atoms with E-state index < -0.39 is 0 Å². The van der Waals surface area contributed by atoms with Crippen LogP contribution in [0, 0.1) is 0 Å². The highest BCUT2D eigenvalue weighted by Crippen LogP contribution is 2.42. The van der Waals surface area contributed by atoms with Crippen molar-refractivity contribution in [1.29, 1.82) is 0 Å². The van der Waals surface area contributed by atoms with E-state index in [4.69, 9.17) is 4.98 Å². The maximum absolute atomic E-state index is 4.83. The molecule has 0 radical (unpaired) electrons. The van der Waals surface area contributed by atoms with Crippen LogP contribution in [-0.4, -0.2) is 33.3 Å². The molecule has 2 N–H and O–H groups in total. The molecule has 3 heterocycles. The first-order chi connectivity index (χ1) is 12.6. The van der Waals surface area contributed by atoms with E-state index in [1.165, 1.54) is 11.3 Å². The molecule has 0 unspecified atom stereocenters. The zero-order chi connectivity index (χ0) is 17.9. The SMILES string of the molecule is C=CCN1CC(C)(C)c2cc3[nH]c(-c4n[nH]c5ccccc45)nc3cc21. The third-order valence-electron chi connectivity index (χ3n) is 5.30. The Labute approximate surface area is 151 Å². The number of aromatic amines is 2. The zero-order valence-corrected chi connectivity index (χ0v) is 15.0. The Balaban J connectivity index is 1.69. The summed E-state index contributed by atoms with van der Waals surface area (Å²) in [5, 5.41) is 8.63. The smallest absolute Gasteiger partial charge is 0.159 e. The first-order valence-corrected chi connectivity index (χ1v) is 8.90. The molecule has 4 aromatic rings. The number of rotatable bonds is 3. The molecule has 2 aromatic heterocycles. The van der Waals surface area contributed by atoms with Gasteiger partial charge in [-0.3, -0.25) is 5.10 Å². The fourth-order valence-corrected chi connectivity index (χ4v) is 4.07. The summed E-state index contributed by atoms with van der Waals surface area (Å²) in [6, 6.07) is 12.6. The average molecular weight is 343 g/mol. The van der Waals surface area contributed by atoms with Crippen LogP contribution in [-0.2, 0) is 5.41 Å². The van der Waals surface area contributed by atoms with Crippen molar-refractivity contribution in [3.05, 3.63) is 54.6 Å². The van der Waals surface area contributed by atoms with Gasteiger partial charge in [0.05, 0.1) is 16.6 Å². The van der Waals surface area contributed by atoms with E-state index in [9.17, 15) is 0 Å². The van der Waals surface area contributed by atoms with Gasteiger partial charge >= 0.3 is 0 Å². The highest BCUT2D eigenvalue weighted by atomic mass is 15.2. The molecule has 0 saturated carbocycles. The second-order valence-corrected chi connectivity index (χ2v) is 7.64. The molecule has 0 aliphatic carbocycles. The van der Waals surface area contributed by atoms with Crippen molar-refractivity contribution in [3.8, 4) is 11.5 Å². The molecule has 130 valence electrons. The average Bonchev–Trinajstić information content (AvgIpc) is 3.28.